The molecular formula is C13H26N4O2S. The molecule has 0 spiro atoms. The molecule has 6 nitrogen and oxygen atoms in total. The standard InChI is InChI=1S/C13H26N4O2S/c1-5-6-7-8-15-20(18,19)13-12(9-14-10(2)3)11(4)16-17-13/h10,14-15H,5-9H2,1-4H3,(H,16,17). The molecule has 20 heavy (non-hydrogen) atoms. The molecule has 3 N–H and O–H groups in total. The van der Waals surface area contributed by atoms with Crippen molar-refractivity contribution in [2.45, 2.75) is 64.6 Å². The van der Waals surface area contributed by atoms with Gasteiger partial charge in [0.2, 0.25) is 0 Å². The summed E-state index contributed by atoms with van der Waals surface area (Å²) in [6.07, 6.45) is 2.93. The fourth-order valence-corrected chi connectivity index (χ4v) is 3.08. The minimum atomic E-state index is -3.53. The summed E-state index contributed by atoms with van der Waals surface area (Å²) < 4.78 is 27.1. The van der Waals surface area contributed by atoms with Crippen molar-refractivity contribution >= 4 is 10.0 Å². The minimum absolute atomic E-state index is 0.111. The number of hydrogen-bond acceptors (Lipinski definition) is 4. The maximum Gasteiger partial charge on any atom is 0.260 e. The van der Waals surface area contributed by atoms with Crippen LogP contribution >= 0.6 is 0 Å². The number of nitrogens with one attached hydrogen (secondary N) is 3. The van der Waals surface area contributed by atoms with E-state index in [1.54, 1.807) is 0 Å². The third kappa shape index (κ3) is 4.88. The summed E-state index contributed by atoms with van der Waals surface area (Å²) in [6, 6.07) is 0.289. The van der Waals surface area contributed by atoms with Crippen molar-refractivity contribution in [1.82, 2.24) is 20.2 Å². The van der Waals surface area contributed by atoms with Crippen LogP contribution in [0.25, 0.3) is 0 Å². The van der Waals surface area contributed by atoms with Crippen LogP contribution in [-0.2, 0) is 16.6 Å². The molecule has 0 saturated heterocycles. The van der Waals surface area contributed by atoms with Gasteiger partial charge in [-0.1, -0.05) is 33.6 Å². The van der Waals surface area contributed by atoms with E-state index in [2.05, 4.69) is 27.2 Å². The van der Waals surface area contributed by atoms with Crippen LogP contribution in [-0.4, -0.2) is 31.2 Å². The van der Waals surface area contributed by atoms with Gasteiger partial charge in [0, 0.05) is 30.4 Å². The van der Waals surface area contributed by atoms with Gasteiger partial charge in [0.1, 0.15) is 0 Å². The predicted molar refractivity (Wildman–Crippen MR) is 80.0 cm³/mol. The predicted octanol–water partition coefficient (Wildman–Crippen LogP) is 1.68. The van der Waals surface area contributed by atoms with Crippen LogP contribution in [0.2, 0.25) is 0 Å². The second-order valence-corrected chi connectivity index (χ2v) is 6.96. The maximum atomic E-state index is 12.3. The number of H-pyrrole nitrogens is 1. The highest BCUT2D eigenvalue weighted by atomic mass is 32.2. The molecule has 1 rings (SSSR count). The fourth-order valence-electron chi connectivity index (χ4n) is 1.82. The van der Waals surface area contributed by atoms with Gasteiger partial charge in [-0.15, -0.1) is 0 Å². The van der Waals surface area contributed by atoms with E-state index in [1.807, 2.05) is 20.8 Å². The Balaban J connectivity index is 2.78. The monoisotopic (exact) mass is 302 g/mol. The topological polar surface area (TPSA) is 86.9 Å². The molecule has 1 heterocycles. The molecule has 0 aliphatic heterocycles. The van der Waals surface area contributed by atoms with Crippen molar-refractivity contribution in [3.8, 4) is 0 Å². The molecule has 0 atom stereocenters. The van der Waals surface area contributed by atoms with Gasteiger partial charge >= 0.3 is 0 Å². The molecule has 0 aromatic carbocycles. The molecule has 7 heteroatoms. The second-order valence-electron chi connectivity index (χ2n) is 5.27. The molecule has 0 radical (unpaired) electrons. The normalized spacial score (nSPS) is 12.2. The van der Waals surface area contributed by atoms with Crippen LogP contribution < -0.4 is 10.0 Å². The zero-order chi connectivity index (χ0) is 15.2. The maximum absolute atomic E-state index is 12.3. The molecule has 1 aromatic heterocycles. The number of aromatic amines is 1. The molecule has 0 fully saturated rings. The van der Waals surface area contributed by atoms with Crippen molar-refractivity contribution in [2.75, 3.05) is 6.54 Å². The number of aryl methyl sites for hydroxylation is 1. The van der Waals surface area contributed by atoms with Crippen LogP contribution in [0.4, 0.5) is 0 Å². The van der Waals surface area contributed by atoms with Gasteiger partial charge in [0.05, 0.1) is 0 Å². The van der Waals surface area contributed by atoms with Crippen LogP contribution in [0.1, 0.15) is 51.3 Å². The third-order valence-electron chi connectivity index (χ3n) is 3.05. The average molecular weight is 302 g/mol. The Morgan fingerprint density at radius 1 is 1.30 bits per heavy atom. The zero-order valence-corrected chi connectivity index (χ0v) is 13.6. The molecule has 0 aliphatic carbocycles. The first-order chi connectivity index (χ1) is 9.38. The molecule has 0 unspecified atom stereocenters. The molecular weight excluding hydrogens is 276 g/mol. The van der Waals surface area contributed by atoms with Crippen molar-refractivity contribution in [3.05, 3.63) is 11.3 Å². The molecule has 0 aliphatic rings. The Labute approximate surface area is 121 Å². The molecule has 0 amide bonds. The summed E-state index contributed by atoms with van der Waals surface area (Å²) in [5, 5.41) is 10.0. The van der Waals surface area contributed by atoms with Gasteiger partial charge in [0.15, 0.2) is 5.03 Å². The van der Waals surface area contributed by atoms with E-state index in [9.17, 15) is 8.42 Å². The quantitative estimate of drug-likeness (QED) is 0.606. The third-order valence-corrected chi connectivity index (χ3v) is 4.48. The number of aromatic nitrogens is 2. The summed E-state index contributed by atoms with van der Waals surface area (Å²) in [5.74, 6) is 0. The van der Waals surface area contributed by atoms with Crippen molar-refractivity contribution in [2.24, 2.45) is 0 Å². The highest BCUT2D eigenvalue weighted by molar-refractivity contribution is 7.89. The first-order valence-corrected chi connectivity index (χ1v) is 8.63. The van der Waals surface area contributed by atoms with Crippen LogP contribution in [0, 0.1) is 6.92 Å². The van der Waals surface area contributed by atoms with E-state index in [0.29, 0.717) is 18.7 Å². The van der Waals surface area contributed by atoms with Gasteiger partial charge in [-0.2, -0.15) is 5.10 Å². The first kappa shape index (κ1) is 17.1. The SMILES string of the molecule is CCCCCNS(=O)(=O)c1n[nH]c(C)c1CNC(C)C. The molecule has 1 aromatic rings. The van der Waals surface area contributed by atoms with Crippen molar-refractivity contribution in [3.63, 3.8) is 0 Å². The Hall–Kier alpha value is -0.920. The van der Waals surface area contributed by atoms with Crippen molar-refractivity contribution < 1.29 is 8.42 Å². The van der Waals surface area contributed by atoms with E-state index in [1.165, 1.54) is 0 Å². The largest absolute Gasteiger partial charge is 0.310 e. The lowest BCUT2D eigenvalue weighted by Gasteiger charge is -2.10. The van der Waals surface area contributed by atoms with E-state index < -0.39 is 10.0 Å². The summed E-state index contributed by atoms with van der Waals surface area (Å²) >= 11 is 0. The van der Waals surface area contributed by atoms with E-state index in [0.717, 1.165) is 25.0 Å². The van der Waals surface area contributed by atoms with Gasteiger partial charge in [-0.3, -0.25) is 5.10 Å². The second kappa shape index (κ2) is 7.75. The number of unbranched alkanes of at least 4 members (excludes halogenated alkanes) is 2. The van der Waals surface area contributed by atoms with Gasteiger partial charge in [-0.25, -0.2) is 13.1 Å². The average Bonchev–Trinajstić information content (AvgIpc) is 2.74. The van der Waals surface area contributed by atoms with E-state index in [-0.39, 0.29) is 11.1 Å². The fraction of sp³-hybridized carbons (Fsp3) is 0.769. The zero-order valence-electron chi connectivity index (χ0n) is 12.8. The molecule has 0 saturated carbocycles. The summed E-state index contributed by atoms with van der Waals surface area (Å²) in [6.45, 7) is 8.91. The summed E-state index contributed by atoms with van der Waals surface area (Å²) in [7, 11) is -3.53. The molecule has 116 valence electrons. The lowest BCUT2D eigenvalue weighted by molar-refractivity contribution is 0.561. The van der Waals surface area contributed by atoms with Gasteiger partial charge in [-0.05, 0) is 13.3 Å². The summed E-state index contributed by atoms with van der Waals surface area (Å²) in [5.41, 5.74) is 1.49. The Kier molecular flexibility index (Phi) is 6.64. The Morgan fingerprint density at radius 2 is 2.00 bits per heavy atom. The number of hydrogen-bond donors (Lipinski definition) is 3. The molecule has 0 bridgehead atoms. The number of rotatable bonds is 9. The number of nitrogens with zero attached hydrogens (tertiary/aromatic N) is 1. The van der Waals surface area contributed by atoms with Gasteiger partial charge in [0.25, 0.3) is 10.0 Å². The first-order valence-electron chi connectivity index (χ1n) is 7.15. The smallest absolute Gasteiger partial charge is 0.260 e. The Morgan fingerprint density at radius 3 is 2.60 bits per heavy atom. The number of sulfonamides is 1. The van der Waals surface area contributed by atoms with Crippen LogP contribution in [0.15, 0.2) is 5.03 Å². The van der Waals surface area contributed by atoms with Crippen LogP contribution in [0.3, 0.4) is 0 Å². The summed E-state index contributed by atoms with van der Waals surface area (Å²) in [4.78, 5) is 0. The highest BCUT2D eigenvalue weighted by Crippen LogP contribution is 2.16. The highest BCUT2D eigenvalue weighted by Gasteiger charge is 2.23. The van der Waals surface area contributed by atoms with E-state index in [4.69, 9.17) is 0 Å². The lowest BCUT2D eigenvalue weighted by Crippen LogP contribution is -2.28. The van der Waals surface area contributed by atoms with Crippen LogP contribution in [0.5, 0.6) is 0 Å². The van der Waals surface area contributed by atoms with E-state index >= 15 is 0 Å². The lowest BCUT2D eigenvalue weighted by atomic mass is 10.2. The van der Waals surface area contributed by atoms with Crippen molar-refractivity contribution in [1.29, 1.82) is 0 Å². The van der Waals surface area contributed by atoms with Gasteiger partial charge < -0.3 is 5.32 Å². The Bertz CT molecular complexity index is 508. The minimum Gasteiger partial charge on any atom is -0.310 e.